The van der Waals surface area contributed by atoms with E-state index in [1.54, 1.807) is 13.1 Å². The Morgan fingerprint density at radius 3 is 2.21 bits per heavy atom. The summed E-state index contributed by atoms with van der Waals surface area (Å²) >= 11 is -1.27. The molecule has 1 aliphatic heterocycles. The van der Waals surface area contributed by atoms with Crippen LogP contribution in [0.2, 0.25) is 4.43 Å². The molecule has 0 fully saturated rings. The van der Waals surface area contributed by atoms with E-state index in [2.05, 4.69) is 82.0 Å². The fourth-order valence-corrected chi connectivity index (χ4v) is 6.60. The van der Waals surface area contributed by atoms with Gasteiger partial charge >= 0.3 is 186 Å². The summed E-state index contributed by atoms with van der Waals surface area (Å²) in [6.45, 7) is 6.76. The summed E-state index contributed by atoms with van der Waals surface area (Å²) < 4.78 is 3.37. The Hall–Kier alpha value is -2.20. The molecule has 0 saturated carbocycles. The quantitative estimate of drug-likeness (QED) is 0.313. The molecule has 146 valence electrons. The third kappa shape index (κ3) is 5.44. The molecule has 0 bridgehead atoms. The third-order valence-corrected chi connectivity index (χ3v) is 9.33. The summed E-state index contributed by atoms with van der Waals surface area (Å²) in [5.41, 5.74) is 5.00. The number of hydrogen-bond donors (Lipinski definition) is 1. The number of nitrogens with one attached hydrogen (secondary N) is 1. The van der Waals surface area contributed by atoms with Crippen molar-refractivity contribution in [3.05, 3.63) is 95.8 Å². The summed E-state index contributed by atoms with van der Waals surface area (Å²) in [6, 6.07) is 21.3. The maximum atomic E-state index is 12.1. The molecule has 4 nitrogen and oxygen atoms in total. The molecule has 0 aromatic heterocycles. The first-order valence-electron chi connectivity index (χ1n) is 10.2. The summed E-state index contributed by atoms with van der Waals surface area (Å²) in [7, 11) is 0. The number of amides is 1. The van der Waals surface area contributed by atoms with Crippen molar-refractivity contribution in [2.24, 2.45) is 4.99 Å². The van der Waals surface area contributed by atoms with E-state index in [9.17, 15) is 4.79 Å². The molecule has 1 aliphatic rings. The van der Waals surface area contributed by atoms with E-state index in [-0.39, 0.29) is 11.8 Å². The Kier molecular flexibility index (Phi) is 7.81. The van der Waals surface area contributed by atoms with E-state index >= 15 is 0 Å². The average molecular weight is 574 g/mol. The predicted molar refractivity (Wildman–Crippen MR) is 115 cm³/mol. The van der Waals surface area contributed by atoms with Crippen molar-refractivity contribution in [2.75, 3.05) is 13.1 Å². The van der Waals surface area contributed by atoms with Gasteiger partial charge in [-0.3, -0.25) is 0 Å². The fourth-order valence-electron chi connectivity index (χ4n) is 3.87. The molecule has 1 N–H and O–H groups in total. The van der Waals surface area contributed by atoms with Crippen molar-refractivity contribution in [3.8, 4) is 0 Å². The van der Waals surface area contributed by atoms with Crippen molar-refractivity contribution >= 4 is 9.25 Å². The maximum absolute atomic E-state index is 12.1. The zero-order valence-electron chi connectivity index (χ0n) is 17.3. The zero-order chi connectivity index (χ0) is 20.6. The molecule has 0 spiro atoms. The minimum atomic E-state index is -1.27. The Morgan fingerprint density at radius 2 is 1.72 bits per heavy atom. The normalized spacial score (nSPS) is 14.6. The standard InChI is InChI=1S/C23H24N3O.CH3.Hg/c1-3-24-17-25-22-16-26(18(2)27)15-14-21(22)23(19-10-6-4-7-11-19)20-12-8-5-9-13-20;;/h3-13,23H,1,14-16H2,2H3,(H,24,25);1H3;. The number of nitrogens with zero attached hydrogens (tertiary/aromatic N) is 2. The van der Waals surface area contributed by atoms with Crippen LogP contribution < -0.4 is 5.32 Å². The summed E-state index contributed by atoms with van der Waals surface area (Å²) in [4.78, 5) is 18.5. The van der Waals surface area contributed by atoms with Crippen LogP contribution in [0.15, 0.2) is 89.7 Å². The summed E-state index contributed by atoms with van der Waals surface area (Å²) in [5, 5.41) is 3.62. The van der Waals surface area contributed by atoms with Crippen molar-refractivity contribution in [1.29, 1.82) is 0 Å². The monoisotopic (exact) mass is 575 g/mol. The molecule has 0 saturated heterocycles. The van der Waals surface area contributed by atoms with Gasteiger partial charge in [0.1, 0.15) is 0 Å². The zero-order valence-corrected chi connectivity index (χ0v) is 22.8. The molecule has 3 rings (SSSR count). The first kappa shape index (κ1) is 21.5. The van der Waals surface area contributed by atoms with Crippen LogP contribution in [0.1, 0.15) is 30.4 Å². The molecule has 1 heterocycles. The van der Waals surface area contributed by atoms with Crippen LogP contribution in [-0.2, 0) is 29.4 Å². The van der Waals surface area contributed by atoms with Gasteiger partial charge in [-0.25, -0.2) is 0 Å². The molecular formula is C24H27HgN3O. The Balaban J connectivity index is 2.12. The Bertz CT molecular complexity index is 867. The first-order chi connectivity index (χ1) is 14.1. The molecule has 0 unspecified atom stereocenters. The molecule has 0 atom stereocenters. The Labute approximate surface area is 185 Å². The van der Waals surface area contributed by atoms with Gasteiger partial charge in [0.05, 0.1) is 0 Å². The fraction of sp³-hybridized carbons (Fsp3) is 0.250. The number of amidine groups is 1. The minimum absolute atomic E-state index is 0.114. The van der Waals surface area contributed by atoms with Gasteiger partial charge in [0.2, 0.25) is 0 Å². The number of carbonyl (C=O) groups is 1. The van der Waals surface area contributed by atoms with Crippen LogP contribution in [0.3, 0.4) is 0 Å². The number of aliphatic imine (C=N–C) groups is 1. The predicted octanol–water partition coefficient (Wildman–Crippen LogP) is 4.54. The summed E-state index contributed by atoms with van der Waals surface area (Å²) in [5.74, 6) is 0.273. The number of hydrogen-bond acceptors (Lipinski definition) is 2. The molecule has 1 amide bonds. The topological polar surface area (TPSA) is 44.7 Å². The van der Waals surface area contributed by atoms with E-state index in [0.29, 0.717) is 6.54 Å². The van der Waals surface area contributed by atoms with E-state index in [1.165, 1.54) is 16.7 Å². The van der Waals surface area contributed by atoms with Gasteiger partial charge in [0.25, 0.3) is 0 Å². The van der Waals surface area contributed by atoms with Crippen LogP contribution in [0.5, 0.6) is 0 Å². The van der Waals surface area contributed by atoms with E-state index in [1.807, 2.05) is 4.90 Å². The van der Waals surface area contributed by atoms with E-state index in [0.717, 1.165) is 22.0 Å². The van der Waals surface area contributed by atoms with Gasteiger partial charge in [-0.15, -0.1) is 0 Å². The van der Waals surface area contributed by atoms with Gasteiger partial charge < -0.3 is 0 Å². The number of carbonyl (C=O) groups excluding carboxylic acids is 1. The molecule has 29 heavy (non-hydrogen) atoms. The average Bonchev–Trinajstić information content (AvgIpc) is 2.76. The van der Waals surface area contributed by atoms with Crippen molar-refractivity contribution in [2.45, 2.75) is 23.7 Å². The molecule has 2 aromatic carbocycles. The van der Waals surface area contributed by atoms with Crippen molar-refractivity contribution in [3.63, 3.8) is 0 Å². The van der Waals surface area contributed by atoms with Crippen LogP contribution in [0, 0.1) is 0 Å². The molecule has 2 aromatic rings. The SMILES string of the molecule is C=CN=[C](NC1=C(C(c2ccccc2)c2ccccc2)CCN(C(C)=O)C1)[Hg][CH3]. The van der Waals surface area contributed by atoms with Gasteiger partial charge in [0.15, 0.2) is 0 Å². The van der Waals surface area contributed by atoms with Gasteiger partial charge in [-0.2, -0.15) is 0 Å². The van der Waals surface area contributed by atoms with Crippen molar-refractivity contribution < 1.29 is 29.4 Å². The second-order valence-electron chi connectivity index (χ2n) is 7.19. The molecular weight excluding hydrogens is 547 g/mol. The third-order valence-electron chi connectivity index (χ3n) is 5.32. The second-order valence-corrected chi connectivity index (χ2v) is 12.5. The number of benzene rings is 2. The van der Waals surface area contributed by atoms with Gasteiger partial charge in [-0.05, 0) is 0 Å². The van der Waals surface area contributed by atoms with Crippen LogP contribution >= 0.6 is 0 Å². The van der Waals surface area contributed by atoms with Gasteiger partial charge in [-0.1, -0.05) is 0 Å². The van der Waals surface area contributed by atoms with E-state index in [4.69, 9.17) is 0 Å². The second kappa shape index (κ2) is 10.5. The van der Waals surface area contributed by atoms with Gasteiger partial charge in [0, 0.05) is 0 Å². The molecule has 5 heteroatoms. The molecule has 0 aliphatic carbocycles. The van der Waals surface area contributed by atoms with Crippen LogP contribution in [0.25, 0.3) is 0 Å². The first-order valence-corrected chi connectivity index (χ1v) is 18.4. The molecule has 0 radical (unpaired) electrons. The van der Waals surface area contributed by atoms with Crippen LogP contribution in [-0.4, -0.2) is 27.2 Å². The summed E-state index contributed by atoms with van der Waals surface area (Å²) in [6.07, 6.45) is 2.46. The van der Waals surface area contributed by atoms with Crippen LogP contribution in [0.4, 0.5) is 0 Å². The van der Waals surface area contributed by atoms with Crippen molar-refractivity contribution in [1.82, 2.24) is 10.2 Å². The Morgan fingerprint density at radius 1 is 1.14 bits per heavy atom. The number of rotatable bonds is 6. The van der Waals surface area contributed by atoms with E-state index < -0.39 is 24.6 Å².